The molecule has 0 saturated heterocycles. The lowest BCUT2D eigenvalue weighted by molar-refractivity contribution is 0.0911. The molecule has 21 heavy (non-hydrogen) atoms. The molecule has 0 spiro atoms. The lowest BCUT2D eigenvalue weighted by atomic mass is 9.76. The Balaban J connectivity index is 2.20. The van der Waals surface area contributed by atoms with Crippen LogP contribution < -0.4 is 0 Å². The summed E-state index contributed by atoms with van der Waals surface area (Å²) in [5, 5.41) is 0. The van der Waals surface area contributed by atoms with Gasteiger partial charge in [-0.05, 0) is 59.0 Å². The van der Waals surface area contributed by atoms with Gasteiger partial charge in [0, 0.05) is 29.1 Å². The highest BCUT2D eigenvalue weighted by Crippen LogP contribution is 2.37. The molecule has 1 aliphatic carbocycles. The van der Waals surface area contributed by atoms with Gasteiger partial charge in [-0.3, -0.25) is 4.79 Å². The van der Waals surface area contributed by atoms with E-state index in [1.807, 2.05) is 23.6 Å². The summed E-state index contributed by atoms with van der Waals surface area (Å²) in [6.45, 7) is 6.16. The lowest BCUT2D eigenvalue weighted by Crippen LogP contribution is -2.27. The number of carbonyl (C=O) groups excluding carboxylic acids is 1. The Labute approximate surface area is 132 Å². The molecule has 0 atom stereocenters. The molecule has 0 N–H and O–H groups in total. The van der Waals surface area contributed by atoms with E-state index in [1.165, 1.54) is 6.07 Å². The number of ketones is 1. The molecule has 0 unspecified atom stereocenters. The molecular weight excluding hydrogens is 333 g/mol. The quantitative estimate of drug-likeness (QED) is 0.721. The number of rotatable bonds is 1. The maximum Gasteiger partial charge on any atom is 0.165 e. The zero-order valence-electron chi connectivity index (χ0n) is 12.3. The molecule has 2 aromatic rings. The number of halogens is 2. The maximum absolute atomic E-state index is 13.8. The van der Waals surface area contributed by atoms with E-state index < -0.39 is 0 Å². The zero-order chi connectivity index (χ0) is 15.4. The summed E-state index contributed by atoms with van der Waals surface area (Å²) in [7, 11) is 0. The molecule has 1 aliphatic rings. The van der Waals surface area contributed by atoms with Crippen LogP contribution in [0.25, 0.3) is 5.69 Å². The van der Waals surface area contributed by atoms with Crippen LogP contribution in [0.3, 0.4) is 0 Å². The predicted octanol–water partition coefficient (Wildman–Crippen LogP) is 4.84. The average molecular weight is 350 g/mol. The molecule has 3 rings (SSSR count). The van der Waals surface area contributed by atoms with Crippen molar-refractivity contribution in [3.8, 4) is 5.69 Å². The minimum absolute atomic E-state index is 0.0550. The van der Waals surface area contributed by atoms with E-state index in [9.17, 15) is 9.18 Å². The SMILES string of the molecule is Cc1cc2c(n1-c1ccc(Br)c(F)c1)CC(C)(C)CC2=O. The first-order chi connectivity index (χ1) is 9.78. The van der Waals surface area contributed by atoms with Crippen molar-refractivity contribution >= 4 is 21.7 Å². The van der Waals surface area contributed by atoms with Crippen LogP contribution >= 0.6 is 15.9 Å². The fourth-order valence-electron chi connectivity index (χ4n) is 3.14. The van der Waals surface area contributed by atoms with Crippen molar-refractivity contribution in [3.05, 3.63) is 51.5 Å². The van der Waals surface area contributed by atoms with Gasteiger partial charge in [-0.1, -0.05) is 13.8 Å². The molecule has 0 radical (unpaired) electrons. The molecule has 1 aromatic carbocycles. The zero-order valence-corrected chi connectivity index (χ0v) is 13.9. The molecule has 1 heterocycles. The van der Waals surface area contributed by atoms with Crippen LogP contribution in [-0.4, -0.2) is 10.4 Å². The highest BCUT2D eigenvalue weighted by atomic mass is 79.9. The smallest absolute Gasteiger partial charge is 0.165 e. The van der Waals surface area contributed by atoms with E-state index >= 15 is 0 Å². The highest BCUT2D eigenvalue weighted by Gasteiger charge is 2.34. The standard InChI is InChI=1S/C17H17BrFNO/c1-10-6-12-15(8-17(2,3)9-16(12)21)20(10)11-4-5-13(18)14(19)7-11/h4-7H,8-9H2,1-3H3. The fraction of sp³-hybridized carbons (Fsp3) is 0.353. The summed E-state index contributed by atoms with van der Waals surface area (Å²) in [6.07, 6.45) is 1.39. The predicted molar refractivity (Wildman–Crippen MR) is 84.6 cm³/mol. The van der Waals surface area contributed by atoms with Gasteiger partial charge in [0.15, 0.2) is 5.78 Å². The van der Waals surface area contributed by atoms with Crippen LogP contribution in [0, 0.1) is 18.2 Å². The van der Waals surface area contributed by atoms with Crippen LogP contribution in [0.4, 0.5) is 4.39 Å². The Morgan fingerprint density at radius 2 is 1.95 bits per heavy atom. The number of Topliss-reactive ketones (excluding diaryl/α,β-unsaturated/α-hetero) is 1. The number of benzene rings is 1. The van der Waals surface area contributed by atoms with Crippen LogP contribution in [0.2, 0.25) is 0 Å². The van der Waals surface area contributed by atoms with E-state index in [0.29, 0.717) is 10.9 Å². The number of fused-ring (bicyclic) bond motifs is 1. The molecule has 0 saturated carbocycles. The number of aryl methyl sites for hydroxylation is 1. The molecule has 0 bridgehead atoms. The Morgan fingerprint density at radius 3 is 2.62 bits per heavy atom. The molecule has 4 heteroatoms. The third-order valence-electron chi connectivity index (χ3n) is 4.03. The van der Waals surface area contributed by atoms with E-state index in [-0.39, 0.29) is 17.0 Å². The number of carbonyl (C=O) groups is 1. The van der Waals surface area contributed by atoms with Crippen molar-refractivity contribution in [1.29, 1.82) is 0 Å². The van der Waals surface area contributed by atoms with E-state index in [4.69, 9.17) is 0 Å². The van der Waals surface area contributed by atoms with Crippen molar-refractivity contribution in [3.63, 3.8) is 0 Å². The van der Waals surface area contributed by atoms with Crippen molar-refractivity contribution in [1.82, 2.24) is 4.57 Å². The maximum atomic E-state index is 13.8. The summed E-state index contributed by atoms with van der Waals surface area (Å²) in [5.41, 5.74) is 3.46. The first-order valence-electron chi connectivity index (χ1n) is 6.98. The monoisotopic (exact) mass is 349 g/mol. The van der Waals surface area contributed by atoms with Gasteiger partial charge in [-0.15, -0.1) is 0 Å². The molecule has 0 amide bonds. The van der Waals surface area contributed by atoms with Crippen LogP contribution in [-0.2, 0) is 6.42 Å². The second kappa shape index (κ2) is 4.80. The van der Waals surface area contributed by atoms with Gasteiger partial charge in [0.1, 0.15) is 5.82 Å². The molecule has 2 nitrogen and oxygen atoms in total. The summed E-state index contributed by atoms with van der Waals surface area (Å²) in [5.74, 6) is -0.114. The first-order valence-corrected chi connectivity index (χ1v) is 7.78. The van der Waals surface area contributed by atoms with Gasteiger partial charge in [-0.25, -0.2) is 4.39 Å². The average Bonchev–Trinajstić information content (AvgIpc) is 2.68. The Morgan fingerprint density at radius 1 is 1.24 bits per heavy atom. The van der Waals surface area contributed by atoms with Gasteiger partial charge in [0.05, 0.1) is 4.47 Å². The molecule has 0 aliphatic heterocycles. The van der Waals surface area contributed by atoms with Crippen molar-refractivity contribution in [2.45, 2.75) is 33.6 Å². The minimum atomic E-state index is -0.296. The van der Waals surface area contributed by atoms with Crippen molar-refractivity contribution < 1.29 is 9.18 Å². The largest absolute Gasteiger partial charge is 0.317 e. The molecule has 110 valence electrons. The Hall–Kier alpha value is -1.42. The topological polar surface area (TPSA) is 22.0 Å². The van der Waals surface area contributed by atoms with Gasteiger partial charge in [0.2, 0.25) is 0 Å². The number of nitrogens with zero attached hydrogens (tertiary/aromatic N) is 1. The van der Waals surface area contributed by atoms with Crippen LogP contribution in [0.15, 0.2) is 28.7 Å². The van der Waals surface area contributed by atoms with Crippen molar-refractivity contribution in [2.24, 2.45) is 5.41 Å². The van der Waals surface area contributed by atoms with Gasteiger partial charge < -0.3 is 4.57 Å². The third kappa shape index (κ3) is 2.46. The Kier molecular flexibility index (Phi) is 3.32. The lowest BCUT2D eigenvalue weighted by Gasteiger charge is -2.29. The van der Waals surface area contributed by atoms with E-state index in [0.717, 1.165) is 29.1 Å². The second-order valence-electron chi connectivity index (χ2n) is 6.52. The molecule has 0 fully saturated rings. The van der Waals surface area contributed by atoms with E-state index in [2.05, 4.69) is 29.8 Å². The fourth-order valence-corrected chi connectivity index (χ4v) is 3.38. The van der Waals surface area contributed by atoms with Crippen LogP contribution in [0.1, 0.15) is 42.0 Å². The number of hydrogen-bond donors (Lipinski definition) is 0. The minimum Gasteiger partial charge on any atom is -0.317 e. The second-order valence-corrected chi connectivity index (χ2v) is 7.38. The summed E-state index contributed by atoms with van der Waals surface area (Å²) in [4.78, 5) is 12.3. The molecule has 1 aromatic heterocycles. The van der Waals surface area contributed by atoms with Gasteiger partial charge >= 0.3 is 0 Å². The highest BCUT2D eigenvalue weighted by molar-refractivity contribution is 9.10. The molecular formula is C17H17BrFNO. The number of hydrogen-bond acceptors (Lipinski definition) is 1. The Bertz CT molecular complexity index is 745. The van der Waals surface area contributed by atoms with Crippen LogP contribution in [0.5, 0.6) is 0 Å². The number of aromatic nitrogens is 1. The first kappa shape index (κ1) is 14.5. The summed E-state index contributed by atoms with van der Waals surface area (Å²) < 4.78 is 16.3. The van der Waals surface area contributed by atoms with Gasteiger partial charge in [0.25, 0.3) is 0 Å². The summed E-state index contributed by atoms with van der Waals surface area (Å²) >= 11 is 3.18. The van der Waals surface area contributed by atoms with Crippen molar-refractivity contribution in [2.75, 3.05) is 0 Å². The van der Waals surface area contributed by atoms with Gasteiger partial charge in [-0.2, -0.15) is 0 Å². The third-order valence-corrected chi connectivity index (χ3v) is 4.68. The summed E-state index contributed by atoms with van der Waals surface area (Å²) in [6, 6.07) is 7.00. The van der Waals surface area contributed by atoms with E-state index in [1.54, 1.807) is 6.07 Å². The normalized spacial score (nSPS) is 16.9.